The third-order valence-electron chi connectivity index (χ3n) is 3.25. The van der Waals surface area contributed by atoms with Crippen LogP contribution in [0, 0.1) is 11.3 Å². The third-order valence-corrected chi connectivity index (χ3v) is 3.93. The highest BCUT2D eigenvalue weighted by atomic mass is 32.1. The smallest absolute Gasteiger partial charge is 0.202 e. The van der Waals surface area contributed by atoms with Gasteiger partial charge in [-0.1, -0.05) is 0 Å². The van der Waals surface area contributed by atoms with E-state index in [2.05, 4.69) is 30.9 Å². The molecule has 20 heavy (non-hydrogen) atoms. The topological polar surface area (TPSA) is 116 Å². The lowest BCUT2D eigenvalue weighted by molar-refractivity contribution is 0.823. The molecule has 0 atom stereocenters. The average molecular weight is 289 g/mol. The van der Waals surface area contributed by atoms with Gasteiger partial charge in [0, 0.05) is 24.0 Å². The van der Waals surface area contributed by atoms with Crippen molar-refractivity contribution >= 4 is 22.5 Å². The Balaban J connectivity index is 1.46. The fraction of sp³-hybridized carbons (Fsp3) is 0.500. The van der Waals surface area contributed by atoms with Crippen LogP contribution in [0.4, 0.5) is 10.9 Å². The Hall–Kier alpha value is -2.14. The summed E-state index contributed by atoms with van der Waals surface area (Å²) in [6.45, 7) is 0.781. The number of hydrogen-bond donors (Lipinski definition) is 3. The number of nitrogen functional groups attached to an aromatic ring is 1. The van der Waals surface area contributed by atoms with Crippen molar-refractivity contribution in [3.63, 3.8) is 0 Å². The summed E-state index contributed by atoms with van der Waals surface area (Å²) in [4.78, 5) is 4.46. The first-order chi connectivity index (χ1) is 9.78. The van der Waals surface area contributed by atoms with Crippen LogP contribution in [-0.2, 0) is 6.42 Å². The van der Waals surface area contributed by atoms with Crippen molar-refractivity contribution in [3.8, 4) is 6.07 Å². The maximum absolute atomic E-state index is 8.96. The summed E-state index contributed by atoms with van der Waals surface area (Å²) in [5, 5.41) is 19.7. The van der Waals surface area contributed by atoms with Gasteiger partial charge < -0.3 is 11.1 Å². The van der Waals surface area contributed by atoms with Crippen molar-refractivity contribution in [2.24, 2.45) is 0 Å². The van der Waals surface area contributed by atoms with E-state index in [-0.39, 0.29) is 5.82 Å². The van der Waals surface area contributed by atoms with Crippen molar-refractivity contribution in [3.05, 3.63) is 17.1 Å². The van der Waals surface area contributed by atoms with E-state index >= 15 is 0 Å². The third kappa shape index (κ3) is 2.72. The number of nitrogens with one attached hydrogen (secondary N) is 2. The highest BCUT2D eigenvalue weighted by molar-refractivity contribution is 7.09. The lowest BCUT2D eigenvalue weighted by Crippen LogP contribution is -2.03. The summed E-state index contributed by atoms with van der Waals surface area (Å²) in [7, 11) is 0. The molecule has 2 aromatic heterocycles. The van der Waals surface area contributed by atoms with E-state index in [0.717, 1.165) is 36.0 Å². The zero-order valence-electron chi connectivity index (χ0n) is 10.9. The molecule has 2 aromatic rings. The molecule has 1 saturated carbocycles. The van der Waals surface area contributed by atoms with E-state index in [1.54, 1.807) is 0 Å². The van der Waals surface area contributed by atoms with Gasteiger partial charge in [0.1, 0.15) is 17.5 Å². The van der Waals surface area contributed by atoms with Gasteiger partial charge in [-0.2, -0.15) is 14.7 Å². The van der Waals surface area contributed by atoms with E-state index in [1.165, 1.54) is 24.4 Å². The van der Waals surface area contributed by atoms with Gasteiger partial charge in [0.25, 0.3) is 0 Å². The molecule has 0 radical (unpaired) electrons. The quantitative estimate of drug-likeness (QED) is 0.696. The molecule has 3 rings (SSSR count). The Bertz CT molecular complexity index is 635. The Labute approximate surface area is 120 Å². The lowest BCUT2D eigenvalue weighted by atomic mass is 10.1. The standard InChI is InChI=1S/C12H15N7S/c13-6-8-9(17-18-10(8)14)2-1-5-15-12-16-11(19-20-12)7-3-4-7/h7H,1-5H2,(H3,14,17,18)(H,15,16,19). The predicted octanol–water partition coefficient (Wildman–Crippen LogP) is 1.64. The second-order valence-corrected chi connectivity index (χ2v) is 5.59. The monoisotopic (exact) mass is 289 g/mol. The van der Waals surface area contributed by atoms with Gasteiger partial charge in [-0.05, 0) is 25.7 Å². The van der Waals surface area contributed by atoms with Crippen LogP contribution in [0.15, 0.2) is 0 Å². The van der Waals surface area contributed by atoms with E-state index in [0.29, 0.717) is 11.5 Å². The summed E-state index contributed by atoms with van der Waals surface area (Å²) >= 11 is 1.41. The van der Waals surface area contributed by atoms with Crippen LogP contribution >= 0.6 is 11.5 Å². The molecular formula is C12H15N7S. The molecule has 0 aromatic carbocycles. The second kappa shape index (κ2) is 5.46. The highest BCUT2D eigenvalue weighted by Gasteiger charge is 2.27. The average Bonchev–Trinajstić information content (AvgIpc) is 3.09. The van der Waals surface area contributed by atoms with Crippen LogP contribution in [0.25, 0.3) is 0 Å². The summed E-state index contributed by atoms with van der Waals surface area (Å²) in [5.74, 6) is 1.84. The molecule has 0 unspecified atom stereocenters. The molecule has 0 amide bonds. The molecule has 1 aliphatic carbocycles. The van der Waals surface area contributed by atoms with Gasteiger partial charge in [0.15, 0.2) is 5.82 Å². The summed E-state index contributed by atoms with van der Waals surface area (Å²) in [5.41, 5.74) is 6.84. The first kappa shape index (κ1) is 12.9. The first-order valence-corrected chi connectivity index (χ1v) is 7.35. The van der Waals surface area contributed by atoms with Gasteiger partial charge in [-0.15, -0.1) is 0 Å². The van der Waals surface area contributed by atoms with Crippen molar-refractivity contribution in [1.29, 1.82) is 5.26 Å². The zero-order valence-corrected chi connectivity index (χ0v) is 11.7. The molecule has 4 N–H and O–H groups in total. The van der Waals surface area contributed by atoms with Crippen LogP contribution in [0.1, 0.15) is 42.3 Å². The molecule has 2 heterocycles. The Morgan fingerprint density at radius 2 is 2.35 bits per heavy atom. The number of rotatable bonds is 6. The van der Waals surface area contributed by atoms with Crippen molar-refractivity contribution in [2.75, 3.05) is 17.6 Å². The van der Waals surface area contributed by atoms with E-state index in [1.807, 2.05) is 0 Å². The number of nitrogens with two attached hydrogens (primary N) is 1. The summed E-state index contributed by atoms with van der Waals surface area (Å²) in [6, 6.07) is 2.07. The number of nitriles is 1. The maximum Gasteiger partial charge on any atom is 0.202 e. The Kier molecular flexibility index (Phi) is 3.52. The SMILES string of the molecule is N#Cc1c(N)n[nH]c1CCCNc1nc(C2CC2)ns1. The first-order valence-electron chi connectivity index (χ1n) is 6.58. The van der Waals surface area contributed by atoms with E-state index < -0.39 is 0 Å². The maximum atomic E-state index is 8.96. The molecule has 0 bridgehead atoms. The fourth-order valence-electron chi connectivity index (χ4n) is 1.97. The lowest BCUT2D eigenvalue weighted by Gasteiger charge is -2.01. The second-order valence-electron chi connectivity index (χ2n) is 4.84. The largest absolute Gasteiger partial charge is 0.381 e. The number of aromatic nitrogens is 4. The number of hydrogen-bond acceptors (Lipinski definition) is 7. The molecule has 1 fully saturated rings. The summed E-state index contributed by atoms with van der Waals surface area (Å²) in [6.07, 6.45) is 4.03. The molecule has 8 heteroatoms. The van der Waals surface area contributed by atoms with E-state index in [4.69, 9.17) is 11.0 Å². The number of anilines is 2. The van der Waals surface area contributed by atoms with Gasteiger partial charge in [0.2, 0.25) is 5.13 Å². The molecule has 0 saturated heterocycles. The van der Waals surface area contributed by atoms with Crippen LogP contribution < -0.4 is 11.1 Å². The molecule has 1 aliphatic rings. The molecular weight excluding hydrogens is 274 g/mol. The van der Waals surface area contributed by atoms with Crippen molar-refractivity contribution < 1.29 is 0 Å². The molecule has 104 valence electrons. The summed E-state index contributed by atoms with van der Waals surface area (Å²) < 4.78 is 4.34. The van der Waals surface area contributed by atoms with Gasteiger partial charge in [-0.25, -0.2) is 4.98 Å². The van der Waals surface area contributed by atoms with Gasteiger partial charge >= 0.3 is 0 Å². The van der Waals surface area contributed by atoms with Crippen LogP contribution in [0.3, 0.4) is 0 Å². The Morgan fingerprint density at radius 3 is 3.10 bits per heavy atom. The minimum atomic E-state index is 0.272. The molecule has 0 spiro atoms. The van der Waals surface area contributed by atoms with Crippen LogP contribution in [-0.4, -0.2) is 26.1 Å². The number of aryl methyl sites for hydroxylation is 1. The zero-order chi connectivity index (χ0) is 13.9. The van der Waals surface area contributed by atoms with Crippen molar-refractivity contribution in [2.45, 2.75) is 31.6 Å². The minimum Gasteiger partial charge on any atom is -0.381 e. The number of H-pyrrole nitrogens is 1. The predicted molar refractivity (Wildman–Crippen MR) is 76.4 cm³/mol. The van der Waals surface area contributed by atoms with Crippen molar-refractivity contribution in [1.82, 2.24) is 19.6 Å². The number of aromatic amines is 1. The molecule has 7 nitrogen and oxygen atoms in total. The number of nitrogens with zero attached hydrogens (tertiary/aromatic N) is 4. The minimum absolute atomic E-state index is 0.272. The normalized spacial score (nSPS) is 14.2. The van der Waals surface area contributed by atoms with Gasteiger partial charge in [-0.3, -0.25) is 5.10 Å². The Morgan fingerprint density at radius 1 is 1.50 bits per heavy atom. The van der Waals surface area contributed by atoms with Crippen LogP contribution in [0.5, 0.6) is 0 Å². The molecule has 0 aliphatic heterocycles. The van der Waals surface area contributed by atoms with Gasteiger partial charge in [0.05, 0.1) is 5.69 Å². The fourth-order valence-corrected chi connectivity index (χ4v) is 2.65. The van der Waals surface area contributed by atoms with E-state index in [9.17, 15) is 0 Å². The van der Waals surface area contributed by atoms with Crippen LogP contribution in [0.2, 0.25) is 0 Å². The highest BCUT2D eigenvalue weighted by Crippen LogP contribution is 2.39.